The van der Waals surface area contributed by atoms with Gasteiger partial charge in [-0.25, -0.2) is 4.79 Å². The minimum atomic E-state index is -0.683. The van der Waals surface area contributed by atoms with Crippen molar-refractivity contribution in [1.82, 2.24) is 14.8 Å². The highest BCUT2D eigenvalue weighted by molar-refractivity contribution is 6.31. The summed E-state index contributed by atoms with van der Waals surface area (Å²) in [5, 5.41) is 6.38. The Morgan fingerprint density at radius 1 is 1.12 bits per heavy atom. The summed E-state index contributed by atoms with van der Waals surface area (Å²) < 4.78 is 1.84. The summed E-state index contributed by atoms with van der Waals surface area (Å²) in [4.78, 5) is 40.2. The zero-order valence-corrected chi connectivity index (χ0v) is 19.4. The van der Waals surface area contributed by atoms with Crippen LogP contribution in [-0.2, 0) is 11.3 Å². The van der Waals surface area contributed by atoms with E-state index in [9.17, 15) is 14.4 Å². The van der Waals surface area contributed by atoms with Gasteiger partial charge in [-0.3, -0.25) is 9.59 Å². The van der Waals surface area contributed by atoms with Crippen LogP contribution in [0.25, 0.3) is 0 Å². The van der Waals surface area contributed by atoms with E-state index in [1.165, 1.54) is 0 Å². The number of hydrogen-bond donors (Lipinski definition) is 2. The number of rotatable bonds is 4. The summed E-state index contributed by atoms with van der Waals surface area (Å²) in [5.74, 6) is -0.00928. The molecule has 0 aliphatic carbocycles. The third-order valence-electron chi connectivity index (χ3n) is 6.45. The highest BCUT2D eigenvalue weighted by Gasteiger charge is 2.37. The lowest BCUT2D eigenvalue weighted by Crippen LogP contribution is -2.56. The molecule has 32 heavy (non-hydrogen) atoms. The fraction of sp³-hybridized carbons (Fsp3) is 0.458. The molecule has 0 saturated carbocycles. The number of likely N-dealkylation sites (tertiary alicyclic amines) is 1. The number of nitrogens with one attached hydrogen (secondary N) is 2. The van der Waals surface area contributed by atoms with Crippen LogP contribution in [0, 0.1) is 18.8 Å². The summed E-state index contributed by atoms with van der Waals surface area (Å²) in [6, 6.07) is 9.73. The molecule has 0 unspecified atom stereocenters. The first-order valence-corrected chi connectivity index (χ1v) is 11.4. The number of aryl methyl sites for hydroxylation is 1. The van der Waals surface area contributed by atoms with E-state index in [1.54, 1.807) is 29.2 Å². The molecular weight excluding hydrogens is 428 g/mol. The molecule has 170 valence electrons. The lowest BCUT2D eigenvalue weighted by molar-refractivity contribution is -0.118. The molecule has 4 rings (SSSR count). The fourth-order valence-electron chi connectivity index (χ4n) is 4.76. The smallest absolute Gasteiger partial charge is 0.318 e. The Labute approximate surface area is 192 Å². The van der Waals surface area contributed by atoms with Crippen molar-refractivity contribution in [1.29, 1.82) is 0 Å². The Hall–Kier alpha value is -2.80. The van der Waals surface area contributed by atoms with Crippen molar-refractivity contribution >= 4 is 29.2 Å². The van der Waals surface area contributed by atoms with E-state index in [0.29, 0.717) is 30.3 Å². The van der Waals surface area contributed by atoms with Crippen LogP contribution >= 0.6 is 11.6 Å². The number of carbonyl (C=O) groups excluding carboxylic acids is 2. The van der Waals surface area contributed by atoms with E-state index in [1.807, 2.05) is 37.5 Å². The molecule has 7 nitrogen and oxygen atoms in total. The van der Waals surface area contributed by atoms with Gasteiger partial charge in [-0.1, -0.05) is 37.6 Å². The van der Waals surface area contributed by atoms with Gasteiger partial charge in [0.2, 0.25) is 5.91 Å². The largest absolute Gasteiger partial charge is 0.326 e. The molecule has 1 fully saturated rings. The van der Waals surface area contributed by atoms with E-state index >= 15 is 0 Å². The van der Waals surface area contributed by atoms with Gasteiger partial charge >= 0.3 is 6.03 Å². The van der Waals surface area contributed by atoms with Crippen molar-refractivity contribution in [2.45, 2.75) is 45.7 Å². The number of amides is 3. The molecule has 1 aromatic carbocycles. The summed E-state index contributed by atoms with van der Waals surface area (Å²) in [6.07, 6.45) is 0.968. The van der Waals surface area contributed by atoms with Crippen molar-refractivity contribution in [3.8, 4) is 0 Å². The maximum Gasteiger partial charge on any atom is 0.318 e. The monoisotopic (exact) mass is 456 g/mol. The third-order valence-corrected chi connectivity index (χ3v) is 6.69. The molecule has 3 amide bonds. The second-order valence-corrected chi connectivity index (χ2v) is 9.66. The molecule has 2 aromatic rings. The van der Waals surface area contributed by atoms with Gasteiger partial charge in [0.05, 0.1) is 0 Å². The Bertz CT molecular complexity index is 1100. The molecule has 0 spiro atoms. The Kier molecular flexibility index (Phi) is 6.29. The van der Waals surface area contributed by atoms with Crippen LogP contribution in [0.2, 0.25) is 5.02 Å². The molecule has 1 aromatic heterocycles. The lowest BCUT2D eigenvalue weighted by atomic mass is 9.83. The Morgan fingerprint density at radius 2 is 1.91 bits per heavy atom. The first-order valence-electron chi connectivity index (χ1n) is 11.0. The van der Waals surface area contributed by atoms with Gasteiger partial charge in [-0.05, 0) is 48.9 Å². The summed E-state index contributed by atoms with van der Waals surface area (Å²) in [5.41, 5.74) is 2.54. The van der Waals surface area contributed by atoms with Crippen LogP contribution in [0.4, 0.5) is 10.5 Å². The first kappa shape index (κ1) is 22.4. The van der Waals surface area contributed by atoms with Crippen LogP contribution in [0.3, 0.4) is 0 Å². The molecule has 1 saturated heterocycles. The van der Waals surface area contributed by atoms with Crippen LogP contribution in [0.5, 0.6) is 0 Å². The van der Waals surface area contributed by atoms with Gasteiger partial charge in [-0.15, -0.1) is 0 Å². The van der Waals surface area contributed by atoms with Gasteiger partial charge in [0, 0.05) is 48.0 Å². The maximum atomic E-state index is 13.1. The highest BCUT2D eigenvalue weighted by atomic mass is 35.5. The average Bonchev–Trinajstić information content (AvgIpc) is 2.74. The van der Waals surface area contributed by atoms with Crippen molar-refractivity contribution in [3.63, 3.8) is 0 Å². The van der Waals surface area contributed by atoms with E-state index < -0.39 is 6.04 Å². The second-order valence-electron chi connectivity index (χ2n) is 9.22. The molecular formula is C24H29ClN4O3. The molecule has 2 aliphatic heterocycles. The molecule has 2 N–H and O–H groups in total. The fourth-order valence-corrected chi connectivity index (χ4v) is 4.93. The van der Waals surface area contributed by atoms with Gasteiger partial charge in [0.15, 0.2) is 0 Å². The molecule has 3 heterocycles. The average molecular weight is 457 g/mol. The van der Waals surface area contributed by atoms with E-state index in [4.69, 9.17) is 11.6 Å². The van der Waals surface area contributed by atoms with Crippen molar-refractivity contribution in [3.05, 3.63) is 63.0 Å². The Morgan fingerprint density at radius 3 is 2.66 bits per heavy atom. The SMILES string of the molecule is Cc1ccc(Cl)cc1NC(=O)[C@@H](NC(=O)N1C[C@@H]2C[C@@H](C1)c1cccc(=O)n1C2)C(C)C. The number of urea groups is 1. The van der Waals surface area contributed by atoms with Gasteiger partial charge in [-0.2, -0.15) is 0 Å². The number of pyridine rings is 1. The van der Waals surface area contributed by atoms with E-state index in [2.05, 4.69) is 10.6 Å². The number of carbonyl (C=O) groups is 2. The minimum absolute atomic E-state index is 0.0166. The number of nitrogens with zero attached hydrogens (tertiary/aromatic N) is 2. The predicted molar refractivity (Wildman–Crippen MR) is 125 cm³/mol. The summed E-state index contributed by atoms with van der Waals surface area (Å²) >= 11 is 6.07. The Balaban J connectivity index is 1.46. The van der Waals surface area contributed by atoms with E-state index in [0.717, 1.165) is 17.7 Å². The quantitative estimate of drug-likeness (QED) is 0.737. The highest BCUT2D eigenvalue weighted by Crippen LogP contribution is 2.35. The number of benzene rings is 1. The standard InChI is InChI=1S/C24H29ClN4O3/c1-14(2)22(23(31)26-19-10-18(25)8-7-15(19)3)27-24(32)28-11-16-9-17(13-28)20-5-4-6-21(30)29(20)12-16/h4-8,10,14,16-17,22H,9,11-13H2,1-3H3,(H,26,31)(H,27,32)/t16-,17-,22-/m0/s1. The topological polar surface area (TPSA) is 83.4 Å². The van der Waals surface area contributed by atoms with Gasteiger partial charge in [0.25, 0.3) is 5.56 Å². The number of aromatic nitrogens is 1. The van der Waals surface area contributed by atoms with E-state index in [-0.39, 0.29) is 35.3 Å². The zero-order chi connectivity index (χ0) is 23.0. The molecule has 0 radical (unpaired) electrons. The molecule has 2 bridgehead atoms. The van der Waals surface area contributed by atoms with Crippen LogP contribution < -0.4 is 16.2 Å². The predicted octanol–water partition coefficient (Wildman–Crippen LogP) is 3.60. The maximum absolute atomic E-state index is 13.1. The molecule has 3 atom stereocenters. The van der Waals surface area contributed by atoms with Crippen molar-refractivity contribution in [2.24, 2.45) is 11.8 Å². The van der Waals surface area contributed by atoms with Gasteiger partial charge in [0.1, 0.15) is 6.04 Å². The number of halogens is 1. The van der Waals surface area contributed by atoms with Crippen LogP contribution in [-0.4, -0.2) is 40.5 Å². The normalized spacial score (nSPS) is 20.5. The number of anilines is 1. The van der Waals surface area contributed by atoms with Crippen molar-refractivity contribution < 1.29 is 9.59 Å². The molecule has 8 heteroatoms. The minimum Gasteiger partial charge on any atom is -0.326 e. The number of fused-ring (bicyclic) bond motifs is 4. The number of piperidine rings is 1. The first-order chi connectivity index (χ1) is 15.2. The van der Waals surface area contributed by atoms with Crippen LogP contribution in [0.15, 0.2) is 41.2 Å². The number of hydrogen-bond acceptors (Lipinski definition) is 3. The van der Waals surface area contributed by atoms with Gasteiger partial charge < -0.3 is 20.1 Å². The summed E-state index contributed by atoms with van der Waals surface area (Å²) in [7, 11) is 0. The zero-order valence-electron chi connectivity index (χ0n) is 18.6. The summed E-state index contributed by atoms with van der Waals surface area (Å²) in [6.45, 7) is 7.43. The van der Waals surface area contributed by atoms with Crippen molar-refractivity contribution in [2.75, 3.05) is 18.4 Å². The second kappa shape index (κ2) is 8.98. The van der Waals surface area contributed by atoms with Crippen LogP contribution in [0.1, 0.15) is 37.4 Å². The lowest BCUT2D eigenvalue weighted by Gasteiger charge is -2.43. The third kappa shape index (κ3) is 4.53. The molecule has 2 aliphatic rings.